The van der Waals surface area contributed by atoms with Crippen LogP contribution in [0.4, 0.5) is 5.69 Å². The molecule has 0 aliphatic carbocycles. The summed E-state index contributed by atoms with van der Waals surface area (Å²) >= 11 is 0. The van der Waals surface area contributed by atoms with Gasteiger partial charge in [0.2, 0.25) is 5.91 Å². The molecule has 1 aromatic rings. The Balaban J connectivity index is 2.45. The van der Waals surface area contributed by atoms with Crippen LogP contribution in [-0.4, -0.2) is 40.2 Å². The molecule has 0 atom stereocenters. The molecule has 0 saturated heterocycles. The van der Waals surface area contributed by atoms with E-state index >= 15 is 0 Å². The predicted octanol–water partition coefficient (Wildman–Crippen LogP) is 2.30. The summed E-state index contributed by atoms with van der Waals surface area (Å²) in [5.41, 5.74) is 0.722. The summed E-state index contributed by atoms with van der Waals surface area (Å²) in [5, 5.41) is 7.02. The molecule has 1 aromatic heterocycles. The minimum absolute atomic E-state index is 0.147. The summed E-state index contributed by atoms with van der Waals surface area (Å²) in [6.07, 6.45) is 10.4. The zero-order chi connectivity index (χ0) is 14.8. The Hall–Kier alpha value is -1.88. The number of hydrogen-bond acceptors (Lipinski definition) is 3. The maximum absolute atomic E-state index is 11.6. The maximum atomic E-state index is 11.6. The molecule has 0 aliphatic rings. The molecule has 1 heterocycles. The molecule has 5 heteroatoms. The largest absolute Gasteiger partial charge is 0.320 e. The van der Waals surface area contributed by atoms with Crippen molar-refractivity contribution in [3.8, 4) is 0 Å². The number of nitrogens with zero attached hydrogens (tertiary/aromatic N) is 3. The van der Waals surface area contributed by atoms with Gasteiger partial charge in [-0.15, -0.1) is 0 Å². The van der Waals surface area contributed by atoms with Crippen LogP contribution in [0.3, 0.4) is 0 Å². The van der Waals surface area contributed by atoms with Gasteiger partial charge in [-0.05, 0) is 20.0 Å². The van der Waals surface area contributed by atoms with Gasteiger partial charge in [-0.2, -0.15) is 5.10 Å². The van der Waals surface area contributed by atoms with Crippen molar-refractivity contribution in [2.75, 3.05) is 25.0 Å². The van der Waals surface area contributed by atoms with Crippen LogP contribution in [0.5, 0.6) is 0 Å². The normalized spacial score (nSPS) is 11.8. The SMILES string of the molecule is C/C=C/C=C/C(=O)Nc1cnn(CCN(CC)CC)c1. The zero-order valence-corrected chi connectivity index (χ0v) is 12.5. The summed E-state index contributed by atoms with van der Waals surface area (Å²) in [6, 6.07) is 0. The molecular formula is C15H24N4O. The number of allylic oxidation sites excluding steroid dienone is 3. The highest BCUT2D eigenvalue weighted by Gasteiger charge is 2.03. The molecule has 0 spiro atoms. The highest BCUT2D eigenvalue weighted by Crippen LogP contribution is 2.05. The first-order valence-electron chi connectivity index (χ1n) is 7.04. The topological polar surface area (TPSA) is 50.2 Å². The van der Waals surface area contributed by atoms with Crippen molar-refractivity contribution in [3.05, 3.63) is 36.7 Å². The molecule has 20 heavy (non-hydrogen) atoms. The fraction of sp³-hybridized carbons (Fsp3) is 0.467. The van der Waals surface area contributed by atoms with E-state index < -0.39 is 0 Å². The number of amides is 1. The van der Waals surface area contributed by atoms with Gasteiger partial charge in [0.1, 0.15) is 0 Å². The van der Waals surface area contributed by atoms with E-state index in [2.05, 4.69) is 29.2 Å². The second-order valence-corrected chi connectivity index (χ2v) is 4.39. The first kappa shape index (κ1) is 16.2. The number of hydrogen-bond donors (Lipinski definition) is 1. The monoisotopic (exact) mass is 276 g/mol. The van der Waals surface area contributed by atoms with Crippen molar-refractivity contribution in [2.45, 2.75) is 27.3 Å². The summed E-state index contributed by atoms with van der Waals surface area (Å²) in [7, 11) is 0. The third-order valence-electron chi connectivity index (χ3n) is 2.99. The molecular weight excluding hydrogens is 252 g/mol. The number of nitrogens with one attached hydrogen (secondary N) is 1. The molecule has 0 unspecified atom stereocenters. The number of carbonyl (C=O) groups excluding carboxylic acids is 1. The molecule has 1 rings (SSSR count). The Labute approximate surface area is 121 Å². The Kier molecular flexibility index (Phi) is 7.35. The smallest absolute Gasteiger partial charge is 0.248 e. The number of aromatic nitrogens is 2. The summed E-state index contributed by atoms with van der Waals surface area (Å²) in [5.74, 6) is -0.147. The fourth-order valence-electron chi connectivity index (χ4n) is 1.77. The van der Waals surface area contributed by atoms with Crippen LogP contribution in [0.25, 0.3) is 0 Å². The van der Waals surface area contributed by atoms with Gasteiger partial charge in [0, 0.05) is 18.8 Å². The highest BCUT2D eigenvalue weighted by molar-refractivity contribution is 5.99. The van der Waals surface area contributed by atoms with Crippen molar-refractivity contribution < 1.29 is 4.79 Å². The van der Waals surface area contributed by atoms with Crippen molar-refractivity contribution in [1.82, 2.24) is 14.7 Å². The van der Waals surface area contributed by atoms with Crippen molar-refractivity contribution >= 4 is 11.6 Å². The second-order valence-electron chi connectivity index (χ2n) is 4.39. The van der Waals surface area contributed by atoms with Crippen LogP contribution in [0.1, 0.15) is 20.8 Å². The van der Waals surface area contributed by atoms with Gasteiger partial charge in [-0.25, -0.2) is 0 Å². The predicted molar refractivity (Wildman–Crippen MR) is 82.6 cm³/mol. The minimum atomic E-state index is -0.147. The Morgan fingerprint density at radius 2 is 2.15 bits per heavy atom. The van der Waals surface area contributed by atoms with Gasteiger partial charge in [0.15, 0.2) is 0 Å². The Morgan fingerprint density at radius 3 is 2.80 bits per heavy atom. The molecule has 110 valence electrons. The van der Waals surface area contributed by atoms with Gasteiger partial charge < -0.3 is 10.2 Å². The summed E-state index contributed by atoms with van der Waals surface area (Å²) in [6.45, 7) is 10.1. The lowest BCUT2D eigenvalue weighted by molar-refractivity contribution is -0.111. The van der Waals surface area contributed by atoms with Gasteiger partial charge >= 0.3 is 0 Å². The van der Waals surface area contributed by atoms with Gasteiger partial charge in [0.25, 0.3) is 0 Å². The summed E-state index contributed by atoms with van der Waals surface area (Å²) < 4.78 is 1.85. The average Bonchev–Trinajstić information content (AvgIpc) is 2.88. The van der Waals surface area contributed by atoms with Crippen molar-refractivity contribution in [1.29, 1.82) is 0 Å². The maximum Gasteiger partial charge on any atom is 0.248 e. The fourth-order valence-corrected chi connectivity index (χ4v) is 1.77. The van der Waals surface area contributed by atoms with E-state index in [1.54, 1.807) is 12.3 Å². The second kappa shape index (κ2) is 9.09. The third-order valence-corrected chi connectivity index (χ3v) is 2.99. The van der Waals surface area contributed by atoms with E-state index in [4.69, 9.17) is 0 Å². The average molecular weight is 276 g/mol. The lowest BCUT2D eigenvalue weighted by atomic mass is 10.4. The first-order valence-corrected chi connectivity index (χ1v) is 7.04. The van der Waals surface area contributed by atoms with Gasteiger partial charge in [-0.3, -0.25) is 9.48 Å². The lowest BCUT2D eigenvalue weighted by Gasteiger charge is -2.17. The molecule has 1 N–H and O–H groups in total. The van der Waals surface area contributed by atoms with Crippen LogP contribution in [0.2, 0.25) is 0 Å². The van der Waals surface area contributed by atoms with Crippen LogP contribution in [0.15, 0.2) is 36.7 Å². The van der Waals surface area contributed by atoms with Crippen LogP contribution in [0, 0.1) is 0 Å². The van der Waals surface area contributed by atoms with E-state index in [9.17, 15) is 4.79 Å². The molecule has 0 aliphatic heterocycles. The van der Waals surface area contributed by atoms with E-state index in [0.29, 0.717) is 0 Å². The lowest BCUT2D eigenvalue weighted by Crippen LogP contribution is -2.27. The molecule has 5 nitrogen and oxygen atoms in total. The van der Waals surface area contributed by atoms with Gasteiger partial charge in [-0.1, -0.05) is 32.1 Å². The molecule has 0 aromatic carbocycles. The Morgan fingerprint density at radius 1 is 1.40 bits per heavy atom. The number of likely N-dealkylation sites (N-methyl/N-ethyl adjacent to an activating group) is 1. The number of anilines is 1. The minimum Gasteiger partial charge on any atom is -0.320 e. The molecule has 0 saturated carbocycles. The quantitative estimate of drug-likeness (QED) is 0.585. The van der Waals surface area contributed by atoms with Crippen LogP contribution in [-0.2, 0) is 11.3 Å². The van der Waals surface area contributed by atoms with Crippen molar-refractivity contribution in [3.63, 3.8) is 0 Å². The van der Waals surface area contributed by atoms with E-state index in [1.807, 2.05) is 30.0 Å². The van der Waals surface area contributed by atoms with Crippen LogP contribution < -0.4 is 5.32 Å². The highest BCUT2D eigenvalue weighted by atomic mass is 16.1. The van der Waals surface area contributed by atoms with Crippen molar-refractivity contribution in [2.24, 2.45) is 0 Å². The van der Waals surface area contributed by atoms with E-state index in [0.717, 1.165) is 31.9 Å². The molecule has 0 fully saturated rings. The van der Waals surface area contributed by atoms with E-state index in [1.165, 1.54) is 6.08 Å². The molecule has 0 radical (unpaired) electrons. The Bertz CT molecular complexity index is 458. The van der Waals surface area contributed by atoms with Gasteiger partial charge in [0.05, 0.1) is 18.4 Å². The zero-order valence-electron chi connectivity index (χ0n) is 12.5. The third kappa shape index (κ3) is 5.84. The standard InChI is InChI=1S/C15H24N4O/c1-4-7-8-9-15(20)17-14-12-16-19(13-14)11-10-18(5-2)6-3/h4,7-9,12-13H,5-6,10-11H2,1-3H3,(H,17,20)/b7-4+,9-8+. The number of rotatable bonds is 8. The molecule has 0 bridgehead atoms. The van der Waals surface area contributed by atoms with E-state index in [-0.39, 0.29) is 5.91 Å². The number of carbonyl (C=O) groups is 1. The molecule has 1 amide bonds. The first-order chi connectivity index (χ1) is 9.69. The summed E-state index contributed by atoms with van der Waals surface area (Å²) in [4.78, 5) is 13.9. The van der Waals surface area contributed by atoms with Crippen LogP contribution >= 0.6 is 0 Å².